The lowest BCUT2D eigenvalue weighted by Crippen LogP contribution is -1.99. The fourth-order valence-corrected chi connectivity index (χ4v) is 6.28. The van der Waals surface area contributed by atoms with E-state index in [0.29, 0.717) is 28.8 Å². The number of pyridine rings is 1. The van der Waals surface area contributed by atoms with Gasteiger partial charge in [-0.25, -0.2) is 9.97 Å². The SMILES string of the molecule is c1ccc(-c2ccc(-c3cc(-c4cc(-c5ccncc5)cc(-c5ccc6c(c5)Oc5ccccc5O6)c4)nc(-c4ccccc4)n3)cc2)cc1. The molecule has 3 heterocycles. The molecule has 5 nitrogen and oxygen atoms in total. The first-order valence-electron chi connectivity index (χ1n) is 16.5. The van der Waals surface area contributed by atoms with Crippen molar-refractivity contribution in [1.82, 2.24) is 15.0 Å². The molecule has 0 N–H and O–H groups in total. The van der Waals surface area contributed by atoms with Crippen LogP contribution in [0.3, 0.4) is 0 Å². The maximum Gasteiger partial charge on any atom is 0.170 e. The molecule has 0 bridgehead atoms. The normalized spacial score (nSPS) is 11.5. The van der Waals surface area contributed by atoms with Crippen molar-refractivity contribution in [2.45, 2.75) is 0 Å². The van der Waals surface area contributed by atoms with Crippen molar-refractivity contribution in [3.05, 3.63) is 176 Å². The van der Waals surface area contributed by atoms with E-state index in [0.717, 1.165) is 55.9 Å². The fraction of sp³-hybridized carbons (Fsp3) is 0. The summed E-state index contributed by atoms with van der Waals surface area (Å²) in [4.78, 5) is 14.5. The first-order chi connectivity index (χ1) is 24.7. The molecule has 1 aliphatic rings. The Morgan fingerprint density at radius 2 is 0.780 bits per heavy atom. The van der Waals surface area contributed by atoms with E-state index in [1.807, 2.05) is 97.3 Å². The fourth-order valence-electron chi connectivity index (χ4n) is 6.28. The standard InChI is InChI=1S/C45H29N3O2/c1-3-9-30(10-4-1)31-15-17-33(18-16-31)39-29-40(48-45(47-39)34-11-5-2-6-12-34)38-26-36(32-21-23-46-24-22-32)25-37(27-38)35-19-20-43-44(28-35)50-42-14-8-7-13-41(42)49-43/h1-29H. The Morgan fingerprint density at radius 3 is 1.48 bits per heavy atom. The van der Waals surface area contributed by atoms with E-state index in [9.17, 15) is 0 Å². The van der Waals surface area contributed by atoms with Gasteiger partial charge >= 0.3 is 0 Å². The number of benzene rings is 6. The molecule has 1 aliphatic heterocycles. The van der Waals surface area contributed by atoms with E-state index in [4.69, 9.17) is 19.4 Å². The van der Waals surface area contributed by atoms with Gasteiger partial charge in [-0.05, 0) is 94.0 Å². The van der Waals surface area contributed by atoms with Gasteiger partial charge < -0.3 is 9.47 Å². The van der Waals surface area contributed by atoms with Gasteiger partial charge in [0.15, 0.2) is 28.8 Å². The molecule has 50 heavy (non-hydrogen) atoms. The lowest BCUT2D eigenvalue weighted by molar-refractivity contribution is 0.360. The highest BCUT2D eigenvalue weighted by molar-refractivity contribution is 5.83. The summed E-state index contributed by atoms with van der Waals surface area (Å²) in [7, 11) is 0. The van der Waals surface area contributed by atoms with Crippen molar-refractivity contribution in [1.29, 1.82) is 0 Å². The van der Waals surface area contributed by atoms with Crippen molar-refractivity contribution in [2.24, 2.45) is 0 Å². The van der Waals surface area contributed by atoms with Crippen LogP contribution in [0.15, 0.2) is 176 Å². The van der Waals surface area contributed by atoms with Gasteiger partial charge in [-0.1, -0.05) is 103 Å². The average molecular weight is 644 g/mol. The van der Waals surface area contributed by atoms with Crippen molar-refractivity contribution in [2.75, 3.05) is 0 Å². The predicted molar refractivity (Wildman–Crippen MR) is 199 cm³/mol. The average Bonchev–Trinajstić information content (AvgIpc) is 3.20. The van der Waals surface area contributed by atoms with Crippen LogP contribution in [0.5, 0.6) is 23.0 Å². The molecule has 0 saturated heterocycles. The predicted octanol–water partition coefficient (Wildman–Crippen LogP) is 11.8. The van der Waals surface area contributed by atoms with Gasteiger partial charge in [-0.15, -0.1) is 0 Å². The molecule has 5 heteroatoms. The van der Waals surface area contributed by atoms with E-state index in [-0.39, 0.29) is 0 Å². The summed E-state index contributed by atoms with van der Waals surface area (Å²) in [5.74, 6) is 3.43. The quantitative estimate of drug-likeness (QED) is 0.180. The van der Waals surface area contributed by atoms with Gasteiger partial charge in [0.1, 0.15) is 0 Å². The molecule has 0 radical (unpaired) electrons. The highest BCUT2D eigenvalue weighted by Crippen LogP contribution is 2.47. The Balaban J connectivity index is 1.18. The number of hydrogen-bond acceptors (Lipinski definition) is 5. The van der Waals surface area contributed by atoms with Crippen LogP contribution in [0.4, 0.5) is 0 Å². The lowest BCUT2D eigenvalue weighted by atomic mass is 9.94. The van der Waals surface area contributed by atoms with E-state index >= 15 is 0 Å². The minimum atomic E-state index is 0.666. The number of ether oxygens (including phenoxy) is 2. The third kappa shape index (κ3) is 5.78. The summed E-state index contributed by atoms with van der Waals surface area (Å²) in [5, 5.41) is 0. The zero-order valence-electron chi connectivity index (χ0n) is 26.9. The smallest absolute Gasteiger partial charge is 0.170 e. The van der Waals surface area contributed by atoms with Crippen molar-refractivity contribution in [3.8, 4) is 90.3 Å². The molecule has 9 rings (SSSR count). The minimum Gasteiger partial charge on any atom is -0.450 e. The van der Waals surface area contributed by atoms with Gasteiger partial charge in [-0.2, -0.15) is 0 Å². The van der Waals surface area contributed by atoms with Crippen molar-refractivity contribution < 1.29 is 9.47 Å². The van der Waals surface area contributed by atoms with Crippen LogP contribution in [-0.4, -0.2) is 15.0 Å². The van der Waals surface area contributed by atoms with Crippen LogP contribution in [0, 0.1) is 0 Å². The second kappa shape index (κ2) is 12.6. The van der Waals surface area contributed by atoms with E-state index in [1.54, 1.807) is 0 Å². The highest BCUT2D eigenvalue weighted by Gasteiger charge is 2.20. The molecule has 0 fully saturated rings. The zero-order chi connectivity index (χ0) is 33.3. The van der Waals surface area contributed by atoms with Crippen molar-refractivity contribution >= 4 is 0 Å². The highest BCUT2D eigenvalue weighted by atomic mass is 16.6. The number of fused-ring (bicyclic) bond motifs is 2. The Morgan fingerprint density at radius 1 is 0.300 bits per heavy atom. The number of nitrogens with zero attached hydrogens (tertiary/aromatic N) is 3. The molecule has 0 saturated carbocycles. The Hall–Kier alpha value is -6.85. The molecular weight excluding hydrogens is 615 g/mol. The summed E-state index contributed by atoms with van der Waals surface area (Å²) in [6.07, 6.45) is 3.64. The Labute approximate surface area is 290 Å². The first kappa shape index (κ1) is 29.3. The third-order valence-corrected chi connectivity index (χ3v) is 8.85. The van der Waals surface area contributed by atoms with Gasteiger partial charge in [0.25, 0.3) is 0 Å². The van der Waals surface area contributed by atoms with Crippen LogP contribution >= 0.6 is 0 Å². The maximum absolute atomic E-state index is 6.28. The number of hydrogen-bond donors (Lipinski definition) is 0. The largest absolute Gasteiger partial charge is 0.450 e. The van der Waals surface area contributed by atoms with Crippen LogP contribution in [0.2, 0.25) is 0 Å². The zero-order valence-corrected chi connectivity index (χ0v) is 26.9. The molecule has 236 valence electrons. The maximum atomic E-state index is 6.28. The van der Waals surface area contributed by atoms with E-state index in [1.165, 1.54) is 5.56 Å². The Kier molecular flexibility index (Phi) is 7.41. The summed E-state index contributed by atoms with van der Waals surface area (Å²) >= 11 is 0. The molecule has 0 aliphatic carbocycles. The second-order valence-corrected chi connectivity index (χ2v) is 12.1. The third-order valence-electron chi connectivity index (χ3n) is 8.85. The molecule has 8 aromatic rings. The topological polar surface area (TPSA) is 57.1 Å². The molecule has 0 amide bonds. The van der Waals surface area contributed by atoms with Crippen LogP contribution < -0.4 is 9.47 Å². The number of rotatable bonds is 6. The monoisotopic (exact) mass is 643 g/mol. The van der Waals surface area contributed by atoms with Gasteiger partial charge in [0, 0.05) is 29.1 Å². The molecule has 0 spiro atoms. The van der Waals surface area contributed by atoms with Gasteiger partial charge in [0.05, 0.1) is 11.4 Å². The summed E-state index contributed by atoms with van der Waals surface area (Å²) in [6, 6.07) is 55.6. The molecule has 0 atom stereocenters. The van der Waals surface area contributed by atoms with Crippen LogP contribution in [0.25, 0.3) is 67.3 Å². The summed E-state index contributed by atoms with van der Waals surface area (Å²) in [5.41, 5.74) is 11.1. The molecule has 2 aromatic heterocycles. The summed E-state index contributed by atoms with van der Waals surface area (Å²) < 4.78 is 12.4. The molecule has 6 aromatic carbocycles. The minimum absolute atomic E-state index is 0.666. The van der Waals surface area contributed by atoms with Gasteiger partial charge in [-0.3, -0.25) is 4.98 Å². The van der Waals surface area contributed by atoms with Crippen LogP contribution in [-0.2, 0) is 0 Å². The van der Waals surface area contributed by atoms with E-state index in [2.05, 4.69) is 83.8 Å². The molecular formula is C45H29N3O2. The van der Waals surface area contributed by atoms with Crippen LogP contribution in [0.1, 0.15) is 0 Å². The first-order valence-corrected chi connectivity index (χ1v) is 16.5. The van der Waals surface area contributed by atoms with Crippen molar-refractivity contribution in [3.63, 3.8) is 0 Å². The second-order valence-electron chi connectivity index (χ2n) is 12.1. The Bertz CT molecular complexity index is 2470. The molecule has 0 unspecified atom stereocenters. The van der Waals surface area contributed by atoms with E-state index < -0.39 is 0 Å². The lowest BCUT2D eigenvalue weighted by Gasteiger charge is -2.21. The van der Waals surface area contributed by atoms with Gasteiger partial charge in [0.2, 0.25) is 0 Å². The summed E-state index contributed by atoms with van der Waals surface area (Å²) in [6.45, 7) is 0. The number of aromatic nitrogens is 3. The number of para-hydroxylation sites is 2.